The predicted octanol–water partition coefficient (Wildman–Crippen LogP) is 1.17. The molecule has 1 aromatic carbocycles. The minimum Gasteiger partial charge on any atom is -0.368 e. The summed E-state index contributed by atoms with van der Waals surface area (Å²) in [5.74, 6) is -1.67. The molecule has 0 saturated heterocycles. The van der Waals surface area contributed by atoms with Crippen molar-refractivity contribution in [3.05, 3.63) is 28.9 Å². The van der Waals surface area contributed by atoms with Gasteiger partial charge in [-0.3, -0.25) is 19.1 Å². The zero-order valence-corrected chi connectivity index (χ0v) is 18.3. The van der Waals surface area contributed by atoms with E-state index in [0.717, 1.165) is 12.8 Å². The molecule has 30 heavy (non-hydrogen) atoms. The summed E-state index contributed by atoms with van der Waals surface area (Å²) in [6.07, 6.45) is 1.61. The number of nitrogens with two attached hydrogens (primary N) is 2. The molecule has 0 spiro atoms. The first kappa shape index (κ1) is 23.6. The average molecular weight is 437 g/mol. The van der Waals surface area contributed by atoms with Gasteiger partial charge in [0.05, 0.1) is 17.1 Å². The number of hydrogen-bond acceptors (Lipinski definition) is 5. The largest absolute Gasteiger partial charge is 0.368 e. The predicted molar refractivity (Wildman–Crippen MR) is 116 cm³/mol. The van der Waals surface area contributed by atoms with Crippen molar-refractivity contribution in [2.45, 2.75) is 46.2 Å². The molecule has 1 unspecified atom stereocenters. The molecule has 3 amide bonds. The average Bonchev–Trinajstić information content (AvgIpc) is 3.03. The molecule has 1 heterocycles. The van der Waals surface area contributed by atoms with Crippen LogP contribution in [0.1, 0.15) is 44.1 Å². The van der Waals surface area contributed by atoms with E-state index < -0.39 is 29.2 Å². The van der Waals surface area contributed by atoms with Crippen LogP contribution in [-0.2, 0) is 16.1 Å². The van der Waals surface area contributed by atoms with Gasteiger partial charge in [-0.15, -0.1) is 0 Å². The molecule has 0 saturated carbocycles. The van der Waals surface area contributed by atoms with Gasteiger partial charge in [0.15, 0.2) is 5.69 Å². The summed E-state index contributed by atoms with van der Waals surface area (Å²) in [6, 6.07) is 4.35. The second kappa shape index (κ2) is 9.90. The number of aryl methyl sites for hydroxylation is 1. The van der Waals surface area contributed by atoms with Crippen molar-refractivity contribution in [3.8, 4) is 0 Å². The highest BCUT2D eigenvalue weighted by Gasteiger charge is 2.34. The Labute approximate surface area is 180 Å². The van der Waals surface area contributed by atoms with Crippen LogP contribution < -0.4 is 22.1 Å². The molecule has 0 aliphatic rings. The van der Waals surface area contributed by atoms with E-state index in [-0.39, 0.29) is 12.2 Å². The Morgan fingerprint density at radius 1 is 1.23 bits per heavy atom. The Hall–Kier alpha value is -2.65. The number of amides is 3. The van der Waals surface area contributed by atoms with Crippen molar-refractivity contribution in [3.63, 3.8) is 0 Å². The van der Waals surface area contributed by atoms with Crippen molar-refractivity contribution in [1.82, 2.24) is 20.4 Å². The third kappa shape index (κ3) is 5.70. The summed E-state index contributed by atoms with van der Waals surface area (Å²) in [4.78, 5) is 36.7. The van der Waals surface area contributed by atoms with Crippen LogP contribution in [0.25, 0.3) is 10.9 Å². The van der Waals surface area contributed by atoms with E-state index in [0.29, 0.717) is 29.0 Å². The van der Waals surface area contributed by atoms with E-state index >= 15 is 0 Å². The minimum atomic E-state index is -0.902. The van der Waals surface area contributed by atoms with E-state index in [1.54, 1.807) is 22.9 Å². The summed E-state index contributed by atoms with van der Waals surface area (Å²) < 4.78 is 1.70. The lowest BCUT2D eigenvalue weighted by Crippen LogP contribution is -2.54. The molecule has 2 rings (SSSR count). The van der Waals surface area contributed by atoms with Crippen LogP contribution in [0.5, 0.6) is 0 Å². The lowest BCUT2D eigenvalue weighted by molar-refractivity contribution is -0.128. The lowest BCUT2D eigenvalue weighted by atomic mass is 9.86. The standard InChI is InChI=1S/C20H29ClN6O3/c1-20(2,3)17(19(30)24-11-14(23)28)25-18(29)15-12-7-6-8-13(21)16(12)27(26-15)10-5-4-9-22/h6-8,17H,4-5,9-11,22H2,1-3H3,(H2,23,28)(H,24,30)(H,25,29). The third-order valence-electron chi connectivity index (χ3n) is 4.60. The van der Waals surface area contributed by atoms with Crippen LogP contribution in [0.3, 0.4) is 0 Å². The van der Waals surface area contributed by atoms with E-state index in [1.807, 2.05) is 20.8 Å². The van der Waals surface area contributed by atoms with Crippen molar-refractivity contribution in [2.24, 2.45) is 16.9 Å². The Kier molecular flexibility index (Phi) is 7.80. The molecule has 0 aliphatic heterocycles. The van der Waals surface area contributed by atoms with Gasteiger partial charge < -0.3 is 22.1 Å². The van der Waals surface area contributed by atoms with Gasteiger partial charge in [-0.1, -0.05) is 44.5 Å². The van der Waals surface area contributed by atoms with Crippen LogP contribution >= 0.6 is 11.6 Å². The molecule has 0 bridgehead atoms. The van der Waals surface area contributed by atoms with Crippen molar-refractivity contribution in [1.29, 1.82) is 0 Å². The molecular weight excluding hydrogens is 408 g/mol. The van der Waals surface area contributed by atoms with Crippen molar-refractivity contribution >= 4 is 40.2 Å². The van der Waals surface area contributed by atoms with Gasteiger partial charge in [0.1, 0.15) is 6.04 Å². The Morgan fingerprint density at radius 2 is 1.93 bits per heavy atom. The van der Waals surface area contributed by atoms with Crippen LogP contribution in [-0.4, -0.2) is 46.6 Å². The summed E-state index contributed by atoms with van der Waals surface area (Å²) in [5.41, 5.74) is 10.9. The monoisotopic (exact) mass is 436 g/mol. The van der Waals surface area contributed by atoms with Crippen LogP contribution in [0.4, 0.5) is 0 Å². The summed E-state index contributed by atoms with van der Waals surface area (Å²) >= 11 is 6.37. The molecule has 2 aromatic rings. The molecule has 9 nitrogen and oxygen atoms in total. The summed E-state index contributed by atoms with van der Waals surface area (Å²) in [5, 5.41) is 10.7. The van der Waals surface area contributed by atoms with Gasteiger partial charge in [-0.2, -0.15) is 5.10 Å². The third-order valence-corrected chi connectivity index (χ3v) is 4.91. The fourth-order valence-corrected chi connectivity index (χ4v) is 3.35. The maximum absolute atomic E-state index is 13.1. The highest BCUT2D eigenvalue weighted by molar-refractivity contribution is 6.35. The number of halogens is 1. The van der Waals surface area contributed by atoms with Crippen LogP contribution in [0, 0.1) is 5.41 Å². The number of carbonyl (C=O) groups is 3. The molecule has 0 aliphatic carbocycles. The maximum Gasteiger partial charge on any atom is 0.273 e. The molecule has 164 valence electrons. The zero-order chi connectivity index (χ0) is 22.5. The first-order valence-corrected chi connectivity index (χ1v) is 10.2. The number of unbranched alkanes of at least 4 members (excludes halogenated alkanes) is 1. The van der Waals surface area contributed by atoms with Gasteiger partial charge in [0, 0.05) is 11.9 Å². The molecule has 0 fully saturated rings. The molecule has 1 atom stereocenters. The Morgan fingerprint density at radius 3 is 2.53 bits per heavy atom. The van der Waals surface area contributed by atoms with E-state index in [1.165, 1.54) is 0 Å². The number of fused-ring (bicyclic) bond motifs is 1. The van der Waals surface area contributed by atoms with Gasteiger partial charge >= 0.3 is 0 Å². The van der Waals surface area contributed by atoms with Gasteiger partial charge in [0.25, 0.3) is 5.91 Å². The number of aromatic nitrogens is 2. The number of benzene rings is 1. The maximum atomic E-state index is 13.1. The first-order valence-electron chi connectivity index (χ1n) is 9.78. The van der Waals surface area contributed by atoms with Crippen LogP contribution in [0.15, 0.2) is 18.2 Å². The second-order valence-electron chi connectivity index (χ2n) is 8.16. The van der Waals surface area contributed by atoms with Gasteiger partial charge in [-0.05, 0) is 30.9 Å². The summed E-state index contributed by atoms with van der Waals surface area (Å²) in [6.45, 7) is 6.24. The summed E-state index contributed by atoms with van der Waals surface area (Å²) in [7, 11) is 0. The molecule has 0 radical (unpaired) electrons. The highest BCUT2D eigenvalue weighted by Crippen LogP contribution is 2.27. The second-order valence-corrected chi connectivity index (χ2v) is 8.57. The number of primary amides is 1. The topological polar surface area (TPSA) is 145 Å². The van der Waals surface area contributed by atoms with Crippen LogP contribution in [0.2, 0.25) is 5.02 Å². The molecule has 6 N–H and O–H groups in total. The van der Waals surface area contributed by atoms with Gasteiger partial charge in [-0.25, -0.2) is 0 Å². The number of carbonyl (C=O) groups excluding carboxylic acids is 3. The fraction of sp³-hybridized carbons (Fsp3) is 0.500. The van der Waals surface area contributed by atoms with E-state index in [9.17, 15) is 14.4 Å². The number of rotatable bonds is 9. The van der Waals surface area contributed by atoms with Crippen molar-refractivity contribution < 1.29 is 14.4 Å². The van der Waals surface area contributed by atoms with Crippen molar-refractivity contribution in [2.75, 3.05) is 13.1 Å². The molecule has 1 aromatic heterocycles. The normalized spacial score (nSPS) is 12.6. The quantitative estimate of drug-likeness (QED) is 0.436. The zero-order valence-electron chi connectivity index (χ0n) is 17.5. The lowest BCUT2D eigenvalue weighted by Gasteiger charge is -2.30. The number of nitrogens with zero attached hydrogens (tertiary/aromatic N) is 2. The van der Waals surface area contributed by atoms with E-state index in [4.69, 9.17) is 23.1 Å². The number of hydrogen-bond donors (Lipinski definition) is 4. The Balaban J connectivity index is 2.35. The number of para-hydroxylation sites is 1. The van der Waals surface area contributed by atoms with Gasteiger partial charge in [0.2, 0.25) is 11.8 Å². The first-order chi connectivity index (χ1) is 14.1. The smallest absolute Gasteiger partial charge is 0.273 e. The molecular formula is C20H29ClN6O3. The highest BCUT2D eigenvalue weighted by atomic mass is 35.5. The molecule has 10 heteroatoms. The van der Waals surface area contributed by atoms with E-state index in [2.05, 4.69) is 15.7 Å². The fourth-order valence-electron chi connectivity index (χ4n) is 3.08. The number of nitrogens with one attached hydrogen (secondary N) is 2. The minimum absolute atomic E-state index is 0.178. The Bertz CT molecular complexity index is 935. The SMILES string of the molecule is CC(C)(C)C(NC(=O)c1nn(CCCCN)c2c(Cl)cccc12)C(=O)NCC(N)=O.